The SMILES string of the molecule is C=C(C)CNC(N)=NCc1ccc([N+](=O)[O-])cc1Cl.I. The van der Waals surface area contributed by atoms with Crippen molar-refractivity contribution < 1.29 is 4.92 Å². The second-order valence-electron chi connectivity index (χ2n) is 4.04. The van der Waals surface area contributed by atoms with E-state index in [2.05, 4.69) is 16.9 Å². The van der Waals surface area contributed by atoms with Crippen LogP contribution in [0.5, 0.6) is 0 Å². The number of hydrogen-bond acceptors (Lipinski definition) is 3. The molecule has 1 rings (SSSR count). The molecule has 1 aromatic rings. The first-order chi connectivity index (χ1) is 8.90. The van der Waals surface area contributed by atoms with Crippen LogP contribution in [0.15, 0.2) is 35.3 Å². The predicted molar refractivity (Wildman–Crippen MR) is 91.7 cm³/mol. The van der Waals surface area contributed by atoms with Crippen LogP contribution in [0.2, 0.25) is 5.02 Å². The highest BCUT2D eigenvalue weighted by atomic mass is 127. The second-order valence-corrected chi connectivity index (χ2v) is 4.45. The van der Waals surface area contributed by atoms with Gasteiger partial charge in [0, 0.05) is 18.7 Å². The summed E-state index contributed by atoms with van der Waals surface area (Å²) in [5, 5.41) is 13.7. The van der Waals surface area contributed by atoms with E-state index >= 15 is 0 Å². The molecule has 8 heteroatoms. The molecular formula is C12H16ClIN4O2. The first kappa shape index (κ1) is 18.7. The highest BCUT2D eigenvalue weighted by Crippen LogP contribution is 2.22. The second kappa shape index (κ2) is 8.75. The fourth-order valence-electron chi connectivity index (χ4n) is 1.25. The monoisotopic (exact) mass is 410 g/mol. The summed E-state index contributed by atoms with van der Waals surface area (Å²) in [6.45, 7) is 6.40. The minimum atomic E-state index is -0.498. The molecule has 0 bridgehead atoms. The average Bonchev–Trinajstić information content (AvgIpc) is 2.34. The summed E-state index contributed by atoms with van der Waals surface area (Å²) in [4.78, 5) is 14.2. The van der Waals surface area contributed by atoms with Crippen molar-refractivity contribution in [2.75, 3.05) is 6.54 Å². The Kier molecular flexibility index (Phi) is 8.16. The topological polar surface area (TPSA) is 93.5 Å². The Bertz CT molecular complexity index is 534. The number of guanidine groups is 1. The summed E-state index contributed by atoms with van der Waals surface area (Å²) in [7, 11) is 0. The molecule has 0 aliphatic heterocycles. The molecule has 0 atom stereocenters. The molecule has 0 aliphatic rings. The highest BCUT2D eigenvalue weighted by Gasteiger charge is 2.08. The third-order valence-electron chi connectivity index (χ3n) is 2.24. The maximum Gasteiger partial charge on any atom is 0.270 e. The first-order valence-corrected chi connectivity index (χ1v) is 5.89. The molecule has 0 aliphatic carbocycles. The zero-order valence-corrected chi connectivity index (χ0v) is 14.0. The zero-order valence-electron chi connectivity index (χ0n) is 10.9. The Morgan fingerprint density at radius 1 is 1.60 bits per heavy atom. The molecule has 0 radical (unpaired) electrons. The molecule has 3 N–H and O–H groups in total. The Hall–Kier alpha value is -1.35. The number of nitro groups is 1. The summed E-state index contributed by atoms with van der Waals surface area (Å²) in [6, 6.07) is 4.24. The zero-order chi connectivity index (χ0) is 14.4. The van der Waals surface area contributed by atoms with Crippen molar-refractivity contribution in [3.05, 3.63) is 51.1 Å². The van der Waals surface area contributed by atoms with E-state index in [9.17, 15) is 10.1 Å². The summed E-state index contributed by atoms with van der Waals surface area (Å²) in [5.41, 5.74) is 7.20. The van der Waals surface area contributed by atoms with Crippen LogP contribution in [0.1, 0.15) is 12.5 Å². The number of nitro benzene ring substituents is 1. The Morgan fingerprint density at radius 2 is 2.25 bits per heavy atom. The van der Waals surface area contributed by atoms with Crippen LogP contribution in [0.25, 0.3) is 0 Å². The summed E-state index contributed by atoms with van der Waals surface area (Å²) in [6.07, 6.45) is 0. The molecule has 6 nitrogen and oxygen atoms in total. The van der Waals surface area contributed by atoms with Crippen molar-refractivity contribution in [2.45, 2.75) is 13.5 Å². The fourth-order valence-corrected chi connectivity index (χ4v) is 1.48. The molecule has 20 heavy (non-hydrogen) atoms. The van der Waals surface area contributed by atoms with Gasteiger partial charge in [0.15, 0.2) is 5.96 Å². The van der Waals surface area contributed by atoms with E-state index in [1.54, 1.807) is 6.07 Å². The minimum Gasteiger partial charge on any atom is -0.370 e. The lowest BCUT2D eigenvalue weighted by atomic mass is 10.2. The lowest BCUT2D eigenvalue weighted by Crippen LogP contribution is -2.32. The van der Waals surface area contributed by atoms with Gasteiger partial charge in [0.25, 0.3) is 5.69 Å². The number of nitrogens with one attached hydrogen (secondary N) is 1. The lowest BCUT2D eigenvalue weighted by Gasteiger charge is -2.05. The number of halogens is 2. The molecule has 0 amide bonds. The Balaban J connectivity index is 0.00000361. The van der Waals surface area contributed by atoms with Crippen molar-refractivity contribution >= 4 is 47.2 Å². The van der Waals surface area contributed by atoms with Gasteiger partial charge >= 0.3 is 0 Å². The van der Waals surface area contributed by atoms with Gasteiger partial charge in [0.2, 0.25) is 0 Å². The molecule has 110 valence electrons. The molecule has 0 spiro atoms. The third kappa shape index (κ3) is 6.20. The number of rotatable bonds is 5. The molecule has 0 unspecified atom stereocenters. The Morgan fingerprint density at radius 3 is 2.75 bits per heavy atom. The molecule has 0 saturated carbocycles. The standard InChI is InChI=1S/C12H15ClN4O2.HI/c1-8(2)6-15-12(14)16-7-9-3-4-10(17(18)19)5-11(9)13;/h3-5H,1,6-7H2,2H3,(H3,14,15,16);1H. The van der Waals surface area contributed by atoms with Gasteiger partial charge in [0.1, 0.15) is 0 Å². The van der Waals surface area contributed by atoms with Crippen molar-refractivity contribution in [3.63, 3.8) is 0 Å². The van der Waals surface area contributed by atoms with Crippen molar-refractivity contribution in [2.24, 2.45) is 10.7 Å². The van der Waals surface area contributed by atoms with E-state index in [1.807, 2.05) is 6.92 Å². The number of aliphatic imine (C=N–C) groups is 1. The summed E-state index contributed by atoms with van der Waals surface area (Å²) in [5.74, 6) is 0.275. The lowest BCUT2D eigenvalue weighted by molar-refractivity contribution is -0.384. The van der Waals surface area contributed by atoms with E-state index in [4.69, 9.17) is 17.3 Å². The average molecular weight is 411 g/mol. The van der Waals surface area contributed by atoms with Crippen molar-refractivity contribution in [1.82, 2.24) is 5.32 Å². The van der Waals surface area contributed by atoms with Gasteiger partial charge in [-0.1, -0.05) is 23.8 Å². The van der Waals surface area contributed by atoms with Crippen LogP contribution in [-0.4, -0.2) is 17.4 Å². The highest BCUT2D eigenvalue weighted by molar-refractivity contribution is 14.0. The van der Waals surface area contributed by atoms with E-state index in [-0.39, 0.29) is 42.2 Å². The van der Waals surface area contributed by atoms with Gasteiger partial charge in [0.05, 0.1) is 16.5 Å². The number of non-ortho nitro benzene ring substituents is 1. The first-order valence-electron chi connectivity index (χ1n) is 5.51. The maximum absolute atomic E-state index is 10.6. The van der Waals surface area contributed by atoms with Crippen LogP contribution >= 0.6 is 35.6 Å². The van der Waals surface area contributed by atoms with Crippen molar-refractivity contribution in [3.8, 4) is 0 Å². The van der Waals surface area contributed by atoms with Gasteiger partial charge in [-0.2, -0.15) is 0 Å². The minimum absolute atomic E-state index is 0. The third-order valence-corrected chi connectivity index (χ3v) is 2.59. The van der Waals surface area contributed by atoms with Gasteiger partial charge in [-0.15, -0.1) is 24.0 Å². The molecule has 0 saturated heterocycles. The summed E-state index contributed by atoms with van der Waals surface area (Å²) >= 11 is 5.94. The van der Waals surface area contributed by atoms with E-state index in [0.717, 1.165) is 5.57 Å². The maximum atomic E-state index is 10.6. The molecular weight excluding hydrogens is 395 g/mol. The van der Waals surface area contributed by atoms with E-state index in [0.29, 0.717) is 17.1 Å². The number of hydrogen-bond donors (Lipinski definition) is 2. The predicted octanol–water partition coefficient (Wildman–Crippen LogP) is 2.85. The normalized spacial score (nSPS) is 10.6. The number of benzene rings is 1. The van der Waals surface area contributed by atoms with Crippen LogP contribution in [0, 0.1) is 10.1 Å². The van der Waals surface area contributed by atoms with Gasteiger partial charge < -0.3 is 11.1 Å². The van der Waals surface area contributed by atoms with Crippen LogP contribution in [0.4, 0.5) is 5.69 Å². The number of nitrogens with two attached hydrogens (primary N) is 1. The smallest absolute Gasteiger partial charge is 0.270 e. The van der Waals surface area contributed by atoms with Crippen LogP contribution in [0.3, 0.4) is 0 Å². The largest absolute Gasteiger partial charge is 0.370 e. The van der Waals surface area contributed by atoms with Crippen LogP contribution < -0.4 is 11.1 Å². The van der Waals surface area contributed by atoms with E-state index < -0.39 is 4.92 Å². The van der Waals surface area contributed by atoms with Gasteiger partial charge in [-0.3, -0.25) is 10.1 Å². The van der Waals surface area contributed by atoms with Crippen molar-refractivity contribution in [1.29, 1.82) is 0 Å². The van der Waals surface area contributed by atoms with E-state index in [1.165, 1.54) is 12.1 Å². The number of nitrogens with zero attached hydrogens (tertiary/aromatic N) is 2. The molecule has 1 aromatic carbocycles. The quantitative estimate of drug-likeness (QED) is 0.195. The molecule has 0 heterocycles. The van der Waals surface area contributed by atoms with Gasteiger partial charge in [-0.05, 0) is 18.6 Å². The molecule has 0 aromatic heterocycles. The van der Waals surface area contributed by atoms with Gasteiger partial charge in [-0.25, -0.2) is 4.99 Å². The van der Waals surface area contributed by atoms with Crippen LogP contribution in [-0.2, 0) is 6.54 Å². The Labute approximate surface area is 139 Å². The fraction of sp³-hybridized carbons (Fsp3) is 0.250. The summed E-state index contributed by atoms with van der Waals surface area (Å²) < 4.78 is 0. The molecule has 0 fully saturated rings.